The van der Waals surface area contributed by atoms with E-state index >= 15 is 0 Å². The largest absolute Gasteiger partial charge is 0.400 e. The van der Waals surface area contributed by atoms with E-state index in [2.05, 4.69) is 0 Å². The highest BCUT2D eigenvalue weighted by atomic mass is 16.3. The van der Waals surface area contributed by atoms with E-state index in [1.54, 1.807) is 0 Å². The van der Waals surface area contributed by atoms with Crippen LogP contribution in [0.15, 0.2) is 0 Å². The van der Waals surface area contributed by atoms with Gasteiger partial charge in [0.05, 0.1) is 12.7 Å². The smallest absolute Gasteiger partial charge is 0.0742 e. The van der Waals surface area contributed by atoms with Gasteiger partial charge in [-0.25, -0.2) is 0 Å². The number of aliphatic hydroxyl groups is 3. The van der Waals surface area contributed by atoms with E-state index in [0.29, 0.717) is 0 Å². The highest BCUT2D eigenvalue weighted by Gasteiger charge is 1.83. The third-order valence-corrected chi connectivity index (χ3v) is 0.264. The maximum absolute atomic E-state index is 8.11. The molecule has 0 aliphatic rings. The molecule has 0 spiro atoms. The van der Waals surface area contributed by atoms with Crippen molar-refractivity contribution in [3.8, 4) is 0 Å². The van der Waals surface area contributed by atoms with Crippen molar-refractivity contribution in [2.24, 2.45) is 0 Å². The molecule has 0 bridgehead atoms. The SMILES string of the molecule is CC(O)CO.CO. The van der Waals surface area contributed by atoms with Crippen molar-refractivity contribution in [2.45, 2.75) is 13.0 Å². The second-order valence-corrected chi connectivity index (χ2v) is 1.03. The molecule has 3 N–H and O–H groups in total. The van der Waals surface area contributed by atoms with Crippen molar-refractivity contribution in [1.82, 2.24) is 0 Å². The molecule has 1 atom stereocenters. The maximum atomic E-state index is 8.11. The van der Waals surface area contributed by atoms with Gasteiger partial charge in [0.1, 0.15) is 0 Å². The molecule has 0 saturated heterocycles. The highest BCUT2D eigenvalue weighted by molar-refractivity contribution is 4.33. The lowest BCUT2D eigenvalue weighted by Gasteiger charge is -1.90. The van der Waals surface area contributed by atoms with Crippen LogP contribution in [0.25, 0.3) is 0 Å². The summed E-state index contributed by atoms with van der Waals surface area (Å²) in [5, 5.41) is 23.0. The Morgan fingerprint density at radius 1 is 1.43 bits per heavy atom. The van der Waals surface area contributed by atoms with Crippen LogP contribution in [0.3, 0.4) is 0 Å². The fourth-order valence-corrected chi connectivity index (χ4v) is 0. The van der Waals surface area contributed by atoms with Gasteiger partial charge in [-0.05, 0) is 6.92 Å². The molecule has 0 heterocycles. The van der Waals surface area contributed by atoms with Gasteiger partial charge in [0.2, 0.25) is 0 Å². The predicted molar refractivity (Wildman–Crippen MR) is 26.9 cm³/mol. The van der Waals surface area contributed by atoms with Crippen LogP contribution in [0.5, 0.6) is 0 Å². The Labute approximate surface area is 43.2 Å². The van der Waals surface area contributed by atoms with Gasteiger partial charge in [-0.1, -0.05) is 0 Å². The number of aliphatic hydroxyl groups excluding tert-OH is 3. The fraction of sp³-hybridized carbons (Fsp3) is 1.00. The molecule has 0 radical (unpaired) electrons. The van der Waals surface area contributed by atoms with Gasteiger partial charge in [0, 0.05) is 7.11 Å². The fourth-order valence-electron chi connectivity index (χ4n) is 0. The summed E-state index contributed by atoms with van der Waals surface area (Å²) in [7, 11) is 1.00. The minimum atomic E-state index is -0.560. The van der Waals surface area contributed by atoms with E-state index < -0.39 is 6.10 Å². The van der Waals surface area contributed by atoms with Crippen LogP contribution in [-0.4, -0.2) is 35.1 Å². The summed E-state index contributed by atoms with van der Waals surface area (Å²) in [4.78, 5) is 0. The van der Waals surface area contributed by atoms with Gasteiger partial charge in [-0.3, -0.25) is 0 Å². The monoisotopic (exact) mass is 108 g/mol. The minimum absolute atomic E-state index is 0.139. The average Bonchev–Trinajstić information content (AvgIpc) is 1.73. The topological polar surface area (TPSA) is 60.7 Å². The maximum Gasteiger partial charge on any atom is 0.0742 e. The van der Waals surface area contributed by atoms with E-state index in [0.717, 1.165) is 7.11 Å². The summed E-state index contributed by atoms with van der Waals surface area (Å²) >= 11 is 0. The summed E-state index contributed by atoms with van der Waals surface area (Å²) in [6, 6.07) is 0. The molecule has 0 aromatic heterocycles. The summed E-state index contributed by atoms with van der Waals surface area (Å²) < 4.78 is 0. The first-order valence-electron chi connectivity index (χ1n) is 2.01. The van der Waals surface area contributed by atoms with Crippen molar-refractivity contribution in [1.29, 1.82) is 0 Å². The van der Waals surface area contributed by atoms with Crippen LogP contribution in [0.4, 0.5) is 0 Å². The van der Waals surface area contributed by atoms with Gasteiger partial charge < -0.3 is 15.3 Å². The van der Waals surface area contributed by atoms with E-state index in [9.17, 15) is 0 Å². The quantitative estimate of drug-likeness (QED) is 0.402. The van der Waals surface area contributed by atoms with Crippen LogP contribution in [0, 0.1) is 0 Å². The standard InChI is InChI=1S/C3H8O2.CH4O/c1-3(5)2-4;1-2/h3-5H,2H2,1H3;2H,1H3. The molecule has 0 aromatic carbocycles. The van der Waals surface area contributed by atoms with Gasteiger partial charge in [0.25, 0.3) is 0 Å². The van der Waals surface area contributed by atoms with Crippen molar-refractivity contribution in [3.05, 3.63) is 0 Å². The summed E-state index contributed by atoms with van der Waals surface area (Å²) in [5.41, 5.74) is 0. The number of hydrogen-bond acceptors (Lipinski definition) is 3. The molecule has 0 aromatic rings. The van der Waals surface area contributed by atoms with Crippen LogP contribution in [-0.2, 0) is 0 Å². The van der Waals surface area contributed by atoms with Crippen molar-refractivity contribution in [2.75, 3.05) is 13.7 Å². The minimum Gasteiger partial charge on any atom is -0.400 e. The van der Waals surface area contributed by atoms with E-state index in [-0.39, 0.29) is 6.61 Å². The summed E-state index contributed by atoms with van der Waals surface area (Å²) in [5.74, 6) is 0. The van der Waals surface area contributed by atoms with E-state index in [1.165, 1.54) is 6.92 Å². The summed E-state index contributed by atoms with van der Waals surface area (Å²) in [6.45, 7) is 1.39. The second kappa shape index (κ2) is 9.30. The molecule has 46 valence electrons. The van der Waals surface area contributed by atoms with Gasteiger partial charge in [0.15, 0.2) is 0 Å². The lowest BCUT2D eigenvalue weighted by molar-refractivity contribution is 0.110. The van der Waals surface area contributed by atoms with Gasteiger partial charge >= 0.3 is 0 Å². The van der Waals surface area contributed by atoms with Crippen molar-refractivity contribution >= 4 is 0 Å². The zero-order valence-corrected chi connectivity index (χ0v) is 4.63. The number of hydrogen-bond donors (Lipinski definition) is 3. The van der Waals surface area contributed by atoms with Gasteiger partial charge in [-0.15, -0.1) is 0 Å². The number of rotatable bonds is 1. The predicted octanol–water partition coefficient (Wildman–Crippen LogP) is -1.03. The molecule has 0 aliphatic carbocycles. The van der Waals surface area contributed by atoms with Crippen molar-refractivity contribution < 1.29 is 15.3 Å². The van der Waals surface area contributed by atoms with Gasteiger partial charge in [-0.2, -0.15) is 0 Å². The Bertz CT molecular complexity index is 20.9. The molecule has 0 rings (SSSR count). The molecule has 7 heavy (non-hydrogen) atoms. The van der Waals surface area contributed by atoms with E-state index in [1.807, 2.05) is 0 Å². The molecular weight excluding hydrogens is 96.0 g/mol. The first-order chi connectivity index (χ1) is 3.27. The lowest BCUT2D eigenvalue weighted by atomic mass is 10.5. The zero-order valence-electron chi connectivity index (χ0n) is 4.63. The molecular formula is C4H12O3. The second-order valence-electron chi connectivity index (χ2n) is 1.03. The van der Waals surface area contributed by atoms with Crippen LogP contribution >= 0.6 is 0 Å². The third kappa shape index (κ3) is 25.0. The third-order valence-electron chi connectivity index (χ3n) is 0.264. The Balaban J connectivity index is 0. The molecule has 3 heteroatoms. The normalized spacial score (nSPS) is 11.6. The first-order valence-corrected chi connectivity index (χ1v) is 2.01. The van der Waals surface area contributed by atoms with E-state index in [4.69, 9.17) is 15.3 Å². The van der Waals surface area contributed by atoms with Crippen LogP contribution in [0.1, 0.15) is 6.92 Å². The summed E-state index contributed by atoms with van der Waals surface area (Å²) in [6.07, 6.45) is -0.560. The molecule has 3 nitrogen and oxygen atoms in total. The van der Waals surface area contributed by atoms with Crippen LogP contribution < -0.4 is 0 Å². The Kier molecular flexibility index (Phi) is 13.3. The van der Waals surface area contributed by atoms with Crippen LogP contribution in [0.2, 0.25) is 0 Å². The zero-order chi connectivity index (χ0) is 6.28. The Morgan fingerprint density at radius 2 is 1.57 bits per heavy atom. The Morgan fingerprint density at radius 3 is 1.57 bits per heavy atom. The van der Waals surface area contributed by atoms with Crippen molar-refractivity contribution in [3.63, 3.8) is 0 Å². The lowest BCUT2D eigenvalue weighted by Crippen LogP contribution is -2.03. The molecule has 0 amide bonds. The molecule has 0 saturated carbocycles. The molecule has 0 aliphatic heterocycles. The highest BCUT2D eigenvalue weighted by Crippen LogP contribution is 1.68. The first kappa shape index (κ1) is 9.99. The molecule has 1 unspecified atom stereocenters. The Hall–Kier alpha value is -0.120. The molecule has 0 fully saturated rings. The average molecular weight is 108 g/mol.